The molecule has 0 aliphatic carbocycles. The number of rotatable bonds is 4. The summed E-state index contributed by atoms with van der Waals surface area (Å²) in [6, 6.07) is 0.113. The van der Waals surface area contributed by atoms with Gasteiger partial charge in [-0.05, 0) is 19.8 Å². The Hall–Kier alpha value is -0.0900. The Morgan fingerprint density at radius 1 is 1.50 bits per heavy atom. The molecule has 0 spiro atoms. The fraction of sp³-hybridized carbons (Fsp3) is 1.00. The van der Waals surface area contributed by atoms with E-state index in [1.807, 2.05) is 6.92 Å². The largest absolute Gasteiger partial charge is 0.328 e. The molecule has 0 saturated heterocycles. The standard InChI is InChI=1S/C6H15NO2S/c1-6(7)4-3-5-10(2,8)9/h6H,3-5,7H2,1-2H3/t6-/m1/s1. The van der Waals surface area contributed by atoms with Gasteiger partial charge in [0.2, 0.25) is 0 Å². The van der Waals surface area contributed by atoms with E-state index in [0.717, 1.165) is 6.42 Å². The van der Waals surface area contributed by atoms with E-state index in [9.17, 15) is 8.42 Å². The molecule has 0 unspecified atom stereocenters. The van der Waals surface area contributed by atoms with Crippen LogP contribution in [0.25, 0.3) is 0 Å². The van der Waals surface area contributed by atoms with Crippen LogP contribution in [0.4, 0.5) is 0 Å². The number of hydrogen-bond donors (Lipinski definition) is 1. The van der Waals surface area contributed by atoms with E-state index < -0.39 is 9.84 Å². The summed E-state index contributed by atoms with van der Waals surface area (Å²) in [4.78, 5) is 0. The van der Waals surface area contributed by atoms with Crippen molar-refractivity contribution in [1.82, 2.24) is 0 Å². The first-order chi connectivity index (χ1) is 4.42. The van der Waals surface area contributed by atoms with Gasteiger partial charge in [0, 0.05) is 18.1 Å². The molecule has 0 rings (SSSR count). The quantitative estimate of drug-likeness (QED) is 0.645. The van der Waals surface area contributed by atoms with Gasteiger partial charge in [0.15, 0.2) is 0 Å². The van der Waals surface area contributed by atoms with Gasteiger partial charge in [-0.25, -0.2) is 8.42 Å². The predicted molar refractivity (Wildman–Crippen MR) is 42.6 cm³/mol. The van der Waals surface area contributed by atoms with Gasteiger partial charge < -0.3 is 5.73 Å². The molecular formula is C6H15NO2S. The van der Waals surface area contributed by atoms with Gasteiger partial charge in [-0.1, -0.05) is 0 Å². The van der Waals surface area contributed by atoms with Crippen LogP contribution < -0.4 is 5.73 Å². The van der Waals surface area contributed by atoms with Crippen molar-refractivity contribution in [3.05, 3.63) is 0 Å². The summed E-state index contributed by atoms with van der Waals surface area (Å²) in [7, 11) is -2.78. The minimum Gasteiger partial charge on any atom is -0.328 e. The lowest BCUT2D eigenvalue weighted by Gasteiger charge is -2.02. The second-order valence-electron chi connectivity index (χ2n) is 2.75. The zero-order valence-corrected chi connectivity index (χ0v) is 7.32. The van der Waals surface area contributed by atoms with Gasteiger partial charge in [0.25, 0.3) is 0 Å². The highest BCUT2D eigenvalue weighted by Crippen LogP contribution is 1.96. The van der Waals surface area contributed by atoms with Crippen LogP contribution in [0.1, 0.15) is 19.8 Å². The first-order valence-corrected chi connectivity index (χ1v) is 5.41. The van der Waals surface area contributed by atoms with Crippen molar-refractivity contribution in [1.29, 1.82) is 0 Å². The average Bonchev–Trinajstić information content (AvgIpc) is 1.59. The van der Waals surface area contributed by atoms with E-state index in [4.69, 9.17) is 5.73 Å². The highest BCUT2D eigenvalue weighted by molar-refractivity contribution is 7.90. The Morgan fingerprint density at radius 3 is 2.30 bits per heavy atom. The Balaban J connectivity index is 3.39. The number of hydrogen-bond acceptors (Lipinski definition) is 3. The first-order valence-electron chi connectivity index (χ1n) is 3.35. The van der Waals surface area contributed by atoms with Crippen molar-refractivity contribution in [2.45, 2.75) is 25.8 Å². The summed E-state index contributed by atoms with van der Waals surface area (Å²) in [5.41, 5.74) is 5.43. The summed E-state index contributed by atoms with van der Waals surface area (Å²) in [5, 5.41) is 0. The molecule has 0 aromatic heterocycles. The second-order valence-corrected chi connectivity index (χ2v) is 5.01. The Labute approximate surface area is 62.5 Å². The van der Waals surface area contributed by atoms with E-state index in [1.54, 1.807) is 0 Å². The molecule has 62 valence electrons. The van der Waals surface area contributed by atoms with E-state index in [0.29, 0.717) is 6.42 Å². The normalized spacial score (nSPS) is 15.1. The molecule has 0 amide bonds. The minimum absolute atomic E-state index is 0.113. The molecule has 0 aromatic rings. The van der Waals surface area contributed by atoms with Crippen LogP contribution in [0, 0.1) is 0 Å². The van der Waals surface area contributed by atoms with E-state index in [2.05, 4.69) is 0 Å². The molecule has 0 aromatic carbocycles. The summed E-state index contributed by atoms with van der Waals surface area (Å²) in [6.45, 7) is 1.88. The fourth-order valence-corrected chi connectivity index (χ4v) is 1.36. The maximum Gasteiger partial charge on any atom is 0.147 e. The van der Waals surface area contributed by atoms with Crippen LogP contribution in [-0.2, 0) is 9.84 Å². The molecule has 4 heteroatoms. The highest BCUT2D eigenvalue weighted by Gasteiger charge is 2.01. The Morgan fingerprint density at radius 2 is 2.00 bits per heavy atom. The molecule has 0 bridgehead atoms. The lowest BCUT2D eigenvalue weighted by molar-refractivity contribution is 0.590. The van der Waals surface area contributed by atoms with E-state index >= 15 is 0 Å². The number of nitrogens with two attached hydrogens (primary N) is 1. The van der Waals surface area contributed by atoms with Crippen LogP contribution in [0.2, 0.25) is 0 Å². The topological polar surface area (TPSA) is 60.2 Å². The lowest BCUT2D eigenvalue weighted by Crippen LogP contribution is -2.16. The minimum atomic E-state index is -2.78. The molecule has 0 radical (unpaired) electrons. The molecule has 10 heavy (non-hydrogen) atoms. The van der Waals surface area contributed by atoms with Crippen LogP contribution in [0.3, 0.4) is 0 Å². The van der Waals surface area contributed by atoms with Gasteiger partial charge in [-0.3, -0.25) is 0 Å². The van der Waals surface area contributed by atoms with Crippen LogP contribution >= 0.6 is 0 Å². The SMILES string of the molecule is C[C@@H](N)CCCS(C)(=O)=O. The van der Waals surface area contributed by atoms with Crippen LogP contribution in [0.15, 0.2) is 0 Å². The van der Waals surface area contributed by atoms with Gasteiger partial charge in [-0.2, -0.15) is 0 Å². The van der Waals surface area contributed by atoms with Crippen molar-refractivity contribution in [2.24, 2.45) is 5.73 Å². The van der Waals surface area contributed by atoms with Gasteiger partial charge in [0.05, 0.1) is 0 Å². The molecule has 0 saturated carbocycles. The summed E-state index contributed by atoms with van der Waals surface area (Å²) >= 11 is 0. The summed E-state index contributed by atoms with van der Waals surface area (Å²) in [5.74, 6) is 0.258. The molecule has 0 fully saturated rings. The van der Waals surface area contributed by atoms with Crippen LogP contribution in [-0.4, -0.2) is 26.5 Å². The molecular weight excluding hydrogens is 150 g/mol. The molecule has 0 aliphatic rings. The molecule has 0 heterocycles. The van der Waals surface area contributed by atoms with Gasteiger partial charge >= 0.3 is 0 Å². The van der Waals surface area contributed by atoms with Crippen molar-refractivity contribution >= 4 is 9.84 Å². The number of sulfone groups is 1. The molecule has 2 N–H and O–H groups in total. The van der Waals surface area contributed by atoms with Crippen molar-refractivity contribution in [3.63, 3.8) is 0 Å². The molecule has 1 atom stereocenters. The third-order valence-corrected chi connectivity index (χ3v) is 2.20. The zero-order valence-electron chi connectivity index (χ0n) is 6.50. The lowest BCUT2D eigenvalue weighted by atomic mass is 10.2. The van der Waals surface area contributed by atoms with Gasteiger partial charge in [-0.15, -0.1) is 0 Å². The Bertz CT molecular complexity index is 172. The van der Waals surface area contributed by atoms with Crippen LogP contribution in [0.5, 0.6) is 0 Å². The van der Waals surface area contributed by atoms with Crippen molar-refractivity contribution in [3.8, 4) is 0 Å². The predicted octanol–water partition coefficient (Wildman–Crippen LogP) is 0.158. The molecule has 0 aliphatic heterocycles. The zero-order chi connectivity index (χ0) is 8.20. The average molecular weight is 165 g/mol. The van der Waals surface area contributed by atoms with Crippen molar-refractivity contribution < 1.29 is 8.42 Å². The van der Waals surface area contributed by atoms with E-state index in [1.165, 1.54) is 6.26 Å². The Kier molecular flexibility index (Phi) is 3.89. The van der Waals surface area contributed by atoms with Gasteiger partial charge in [0.1, 0.15) is 9.84 Å². The smallest absolute Gasteiger partial charge is 0.147 e. The third-order valence-electron chi connectivity index (χ3n) is 1.17. The highest BCUT2D eigenvalue weighted by atomic mass is 32.2. The monoisotopic (exact) mass is 165 g/mol. The van der Waals surface area contributed by atoms with Crippen molar-refractivity contribution in [2.75, 3.05) is 12.0 Å². The maximum atomic E-state index is 10.6. The fourth-order valence-electron chi connectivity index (χ4n) is 0.667. The first kappa shape index (κ1) is 9.91. The summed E-state index contributed by atoms with van der Waals surface area (Å²) < 4.78 is 21.1. The molecule has 3 nitrogen and oxygen atoms in total. The third kappa shape index (κ3) is 7.91. The maximum absolute atomic E-state index is 10.6. The summed E-state index contributed by atoms with van der Waals surface area (Å²) in [6.07, 6.45) is 2.71. The second kappa shape index (κ2) is 3.93. The van der Waals surface area contributed by atoms with E-state index in [-0.39, 0.29) is 11.8 Å².